The molecule has 1 fully saturated rings. The lowest BCUT2D eigenvalue weighted by Crippen LogP contribution is -2.50. The van der Waals surface area contributed by atoms with Gasteiger partial charge in [-0.3, -0.25) is 4.90 Å². The minimum absolute atomic E-state index is 0. The molecule has 4 heteroatoms. The smallest absolute Gasteiger partial charge is 0.114 e. The van der Waals surface area contributed by atoms with E-state index in [9.17, 15) is 8.78 Å². The molecule has 1 aliphatic rings. The van der Waals surface area contributed by atoms with E-state index >= 15 is 0 Å². The third kappa shape index (κ3) is 3.56. The number of rotatable bonds is 3. The zero-order chi connectivity index (χ0) is 9.84. The Kier molecular flexibility index (Phi) is 4.06. The van der Waals surface area contributed by atoms with E-state index in [0.717, 1.165) is 6.54 Å². The van der Waals surface area contributed by atoms with Gasteiger partial charge < -0.3 is 5.32 Å². The molecule has 0 aromatic heterocycles. The molecule has 0 saturated carbocycles. The van der Waals surface area contributed by atoms with Crippen molar-refractivity contribution >= 4 is 0 Å². The Hall–Kier alpha value is -0.220. The first-order valence-corrected chi connectivity index (χ1v) is 4.79. The number of hydrogen-bond acceptors (Lipinski definition) is 2. The number of halogens is 2. The normalized spacial score (nSPS) is 33.2. The Morgan fingerprint density at radius 1 is 1.62 bits per heavy atom. The van der Waals surface area contributed by atoms with Gasteiger partial charge in [0, 0.05) is 27.1 Å². The fourth-order valence-electron chi connectivity index (χ4n) is 1.84. The number of alkyl halides is 2. The molecular weight excluding hydrogens is 174 g/mol. The van der Waals surface area contributed by atoms with Crippen molar-refractivity contribution in [2.24, 2.45) is 0 Å². The van der Waals surface area contributed by atoms with E-state index in [0.29, 0.717) is 19.5 Å². The van der Waals surface area contributed by atoms with Gasteiger partial charge in [-0.2, -0.15) is 0 Å². The van der Waals surface area contributed by atoms with E-state index in [1.54, 1.807) is 0 Å². The fraction of sp³-hybridized carbons (Fsp3) is 1.00. The number of hydrogen-bond donors (Lipinski definition) is 1. The topological polar surface area (TPSA) is 15.3 Å². The zero-order valence-electron chi connectivity index (χ0n) is 8.26. The van der Waals surface area contributed by atoms with Crippen LogP contribution in [0.25, 0.3) is 0 Å². The van der Waals surface area contributed by atoms with Crippen LogP contribution in [-0.2, 0) is 0 Å². The van der Waals surface area contributed by atoms with Crippen LogP contribution < -0.4 is 5.32 Å². The van der Waals surface area contributed by atoms with Gasteiger partial charge in [-0.05, 0) is 20.4 Å². The van der Waals surface area contributed by atoms with E-state index in [-0.39, 0.29) is 7.47 Å². The van der Waals surface area contributed by atoms with Gasteiger partial charge in [-0.15, -0.1) is 0 Å². The first-order valence-electron chi connectivity index (χ1n) is 4.79. The highest BCUT2D eigenvalue weighted by molar-refractivity contribution is 4.83. The molecule has 2 nitrogen and oxygen atoms in total. The lowest BCUT2D eigenvalue weighted by molar-refractivity contribution is 0.0939. The van der Waals surface area contributed by atoms with Crippen LogP contribution in [0.1, 0.15) is 14.8 Å². The Balaban J connectivity index is 0.00000169. The zero-order valence-corrected chi connectivity index (χ0v) is 8.26. The van der Waals surface area contributed by atoms with Gasteiger partial charge in [0.1, 0.15) is 12.3 Å². The molecule has 1 heterocycles. The second-order valence-electron chi connectivity index (χ2n) is 3.82. The molecule has 0 aromatic rings. The van der Waals surface area contributed by atoms with Gasteiger partial charge in [0.25, 0.3) is 0 Å². The number of nitrogens with one attached hydrogen (secondary N) is 1. The Labute approximate surface area is 79.8 Å². The van der Waals surface area contributed by atoms with Gasteiger partial charge >= 0.3 is 0 Å². The van der Waals surface area contributed by atoms with Crippen molar-refractivity contribution in [3.05, 3.63) is 0 Å². The summed E-state index contributed by atoms with van der Waals surface area (Å²) in [4.78, 5) is 1.85. The lowest BCUT2D eigenvalue weighted by Gasteiger charge is -2.34. The van der Waals surface area contributed by atoms with Crippen LogP contribution in [0.15, 0.2) is 0 Å². The van der Waals surface area contributed by atoms with E-state index < -0.39 is 12.3 Å². The first kappa shape index (κ1) is 10.9. The van der Waals surface area contributed by atoms with Crippen molar-refractivity contribution in [1.29, 1.82) is 0 Å². The second kappa shape index (κ2) is 4.86. The van der Waals surface area contributed by atoms with Crippen LogP contribution in [-0.4, -0.2) is 50.0 Å². The molecule has 0 bridgehead atoms. The summed E-state index contributed by atoms with van der Waals surface area (Å²) in [7, 11) is 1.82. The highest BCUT2D eigenvalue weighted by Crippen LogP contribution is 2.14. The summed E-state index contributed by atoms with van der Waals surface area (Å²) in [5.41, 5.74) is 0. The van der Waals surface area contributed by atoms with Crippen LogP contribution >= 0.6 is 0 Å². The van der Waals surface area contributed by atoms with E-state index in [1.165, 1.54) is 6.92 Å². The number of nitrogens with zero attached hydrogens (tertiary/aromatic N) is 1. The maximum atomic E-state index is 13.1. The summed E-state index contributed by atoms with van der Waals surface area (Å²) in [5, 5.41) is 3.03. The summed E-state index contributed by atoms with van der Waals surface area (Å²) in [6.45, 7) is 2.99. The van der Waals surface area contributed by atoms with Crippen molar-refractivity contribution in [2.45, 2.75) is 31.7 Å². The average molecular weight is 194 g/mol. The van der Waals surface area contributed by atoms with Gasteiger partial charge in [0.15, 0.2) is 0 Å². The molecule has 1 aliphatic heterocycles. The van der Waals surface area contributed by atoms with Crippen molar-refractivity contribution in [1.82, 2.24) is 10.2 Å². The maximum absolute atomic E-state index is 13.1. The maximum Gasteiger partial charge on any atom is 0.114 e. The van der Waals surface area contributed by atoms with Crippen molar-refractivity contribution < 1.29 is 10.2 Å². The molecular formula is C9H20F2N2. The monoisotopic (exact) mass is 194 g/mol. The third-order valence-electron chi connectivity index (χ3n) is 2.39. The molecule has 0 aromatic carbocycles. The predicted molar refractivity (Wildman–Crippen MR) is 51.5 cm³/mol. The minimum Gasteiger partial charge on any atom is -0.316 e. The average Bonchev–Trinajstić information content (AvgIpc) is 2.01. The summed E-state index contributed by atoms with van der Waals surface area (Å²) >= 11 is 0. The number of piperidine rings is 1. The van der Waals surface area contributed by atoms with Gasteiger partial charge in [0.05, 0.1) is 0 Å². The van der Waals surface area contributed by atoms with Crippen LogP contribution in [0, 0.1) is 0 Å². The number of likely N-dealkylation sites (tertiary alicyclic amines) is 1. The van der Waals surface area contributed by atoms with E-state index in [1.807, 2.05) is 11.9 Å². The van der Waals surface area contributed by atoms with Crippen molar-refractivity contribution in [3.63, 3.8) is 0 Å². The van der Waals surface area contributed by atoms with Crippen molar-refractivity contribution in [2.75, 3.05) is 26.7 Å². The number of likely N-dealkylation sites (N-methyl/N-ethyl adjacent to an activating group) is 1. The largest absolute Gasteiger partial charge is 0.316 e. The molecule has 1 saturated heterocycles. The Morgan fingerprint density at radius 2 is 2.31 bits per heavy atom. The fourth-order valence-corrected chi connectivity index (χ4v) is 1.84. The second-order valence-corrected chi connectivity index (χ2v) is 3.82. The highest BCUT2D eigenvalue weighted by atomic mass is 19.1. The van der Waals surface area contributed by atoms with Crippen LogP contribution in [0.4, 0.5) is 8.78 Å². The van der Waals surface area contributed by atoms with Gasteiger partial charge in [-0.1, -0.05) is 0 Å². The predicted octanol–water partition coefficient (Wildman–Crippen LogP) is 1.22. The van der Waals surface area contributed by atoms with Gasteiger partial charge in [-0.25, -0.2) is 8.78 Å². The molecule has 1 rings (SSSR count). The Morgan fingerprint density at radius 3 is 2.85 bits per heavy atom. The van der Waals surface area contributed by atoms with Gasteiger partial charge in [0.2, 0.25) is 0 Å². The molecule has 3 atom stereocenters. The minimum atomic E-state index is -0.872. The third-order valence-corrected chi connectivity index (χ3v) is 2.39. The van der Waals surface area contributed by atoms with Crippen LogP contribution in [0.2, 0.25) is 0 Å². The summed E-state index contributed by atoms with van der Waals surface area (Å²) in [6, 6.07) is 0.169. The van der Waals surface area contributed by atoms with Crippen LogP contribution in [0.5, 0.6) is 0 Å². The molecule has 0 amide bonds. The molecule has 0 radical (unpaired) electrons. The molecule has 0 spiro atoms. The Bertz CT molecular complexity index is 156. The molecule has 0 aliphatic carbocycles. The standard InChI is InChI=1S/C9H18F2N2.H2/c1-7(10)4-13-5-8(11)3-9(6-13)12-2;/h7-9,12H,3-6H2,1-2H3;1H. The molecule has 13 heavy (non-hydrogen) atoms. The van der Waals surface area contributed by atoms with E-state index in [4.69, 9.17) is 0 Å². The highest BCUT2D eigenvalue weighted by Gasteiger charge is 2.26. The molecule has 1 N–H and O–H groups in total. The van der Waals surface area contributed by atoms with Crippen molar-refractivity contribution in [3.8, 4) is 0 Å². The van der Waals surface area contributed by atoms with E-state index in [2.05, 4.69) is 5.32 Å². The first-order chi connectivity index (χ1) is 6.11. The summed E-state index contributed by atoms with van der Waals surface area (Å²) in [5.74, 6) is 0. The van der Waals surface area contributed by atoms with Crippen LogP contribution in [0.3, 0.4) is 0 Å². The summed E-state index contributed by atoms with van der Waals surface area (Å²) in [6.07, 6.45) is -1.14. The molecule has 3 unspecified atom stereocenters. The lowest BCUT2D eigenvalue weighted by atomic mass is 10.0. The quantitative estimate of drug-likeness (QED) is 0.726. The molecule has 80 valence electrons. The SMILES string of the molecule is CNC1CC(F)CN(CC(C)F)C1.[HH]. The summed E-state index contributed by atoms with van der Waals surface area (Å²) < 4.78 is 25.8.